The number of carbonyl (C=O) groups is 1. The molecular formula is C21H30FN5O2. The summed E-state index contributed by atoms with van der Waals surface area (Å²) in [5, 5.41) is 19.7. The Bertz CT molecular complexity index is 802. The monoisotopic (exact) mass is 403 g/mol. The van der Waals surface area contributed by atoms with Crippen molar-refractivity contribution in [1.82, 2.24) is 20.0 Å². The van der Waals surface area contributed by atoms with Crippen LogP contribution in [0.15, 0.2) is 30.3 Å². The average molecular weight is 404 g/mol. The normalized spacial score (nSPS) is 15.7. The molecule has 0 unspecified atom stereocenters. The fourth-order valence-electron chi connectivity index (χ4n) is 3.71. The summed E-state index contributed by atoms with van der Waals surface area (Å²) in [6.45, 7) is 4.37. The largest absolute Gasteiger partial charge is 0.395 e. The maximum absolute atomic E-state index is 13.0. The number of nitrogens with one attached hydrogen (secondary N) is 2. The highest BCUT2D eigenvalue weighted by Crippen LogP contribution is 2.23. The third-order valence-corrected chi connectivity index (χ3v) is 5.45. The molecule has 1 fully saturated rings. The van der Waals surface area contributed by atoms with E-state index in [9.17, 15) is 14.3 Å². The smallest absolute Gasteiger partial charge is 0.320 e. The van der Waals surface area contributed by atoms with E-state index in [-0.39, 0.29) is 24.5 Å². The van der Waals surface area contributed by atoms with E-state index in [4.69, 9.17) is 0 Å². The lowest BCUT2D eigenvalue weighted by atomic mass is 9.90. The summed E-state index contributed by atoms with van der Waals surface area (Å²) >= 11 is 0. The van der Waals surface area contributed by atoms with Crippen LogP contribution in [0.4, 0.5) is 15.0 Å². The van der Waals surface area contributed by atoms with Gasteiger partial charge in [0.1, 0.15) is 11.6 Å². The van der Waals surface area contributed by atoms with E-state index >= 15 is 0 Å². The molecule has 1 aliphatic rings. The number of halogens is 1. The summed E-state index contributed by atoms with van der Waals surface area (Å²) in [6.07, 6.45) is 2.41. The Balaban J connectivity index is 1.36. The molecule has 3 N–H and O–H groups in total. The van der Waals surface area contributed by atoms with Gasteiger partial charge in [-0.2, -0.15) is 5.10 Å². The van der Waals surface area contributed by atoms with Gasteiger partial charge in [-0.15, -0.1) is 0 Å². The highest BCUT2D eigenvalue weighted by molar-refractivity contribution is 5.88. The van der Waals surface area contributed by atoms with Crippen molar-refractivity contribution >= 4 is 11.8 Å². The predicted molar refractivity (Wildman–Crippen MR) is 110 cm³/mol. The lowest BCUT2D eigenvalue weighted by Gasteiger charge is -2.44. The standard InChI is InChI=1S/C21H30FN5O2/c1-3-18-11-20(26(2)25-18)24-21(29)23-9-8-19(14-28)27-12-16(13-27)10-15-4-6-17(22)7-5-15/h4-7,11,16,19,28H,3,8-10,12-14H2,1-2H3,(H2,23,24,29)/t19-/m0/s1. The second-order valence-electron chi connectivity index (χ2n) is 7.65. The van der Waals surface area contributed by atoms with Gasteiger partial charge in [0.15, 0.2) is 0 Å². The molecule has 1 atom stereocenters. The summed E-state index contributed by atoms with van der Waals surface area (Å²) in [5.41, 5.74) is 2.06. The number of hydrogen-bond acceptors (Lipinski definition) is 4. The molecule has 0 saturated carbocycles. The van der Waals surface area contributed by atoms with Crippen molar-refractivity contribution < 1.29 is 14.3 Å². The fourth-order valence-corrected chi connectivity index (χ4v) is 3.71. The molecule has 0 radical (unpaired) electrons. The van der Waals surface area contributed by atoms with Crippen LogP contribution in [0.1, 0.15) is 24.6 Å². The molecule has 0 aliphatic carbocycles. The van der Waals surface area contributed by atoms with Crippen LogP contribution in [0.5, 0.6) is 0 Å². The molecule has 1 aliphatic heterocycles. The van der Waals surface area contributed by atoms with Gasteiger partial charge in [0, 0.05) is 38.8 Å². The quantitative estimate of drug-likeness (QED) is 0.599. The second kappa shape index (κ2) is 9.84. The van der Waals surface area contributed by atoms with Crippen molar-refractivity contribution in [3.63, 3.8) is 0 Å². The van der Waals surface area contributed by atoms with Crippen LogP contribution in [-0.2, 0) is 19.9 Å². The number of aliphatic hydroxyl groups excluding tert-OH is 1. The first-order valence-electron chi connectivity index (χ1n) is 10.2. The highest BCUT2D eigenvalue weighted by atomic mass is 19.1. The van der Waals surface area contributed by atoms with E-state index in [2.05, 4.69) is 20.6 Å². The highest BCUT2D eigenvalue weighted by Gasteiger charge is 2.31. The first-order chi connectivity index (χ1) is 14.0. The van der Waals surface area contributed by atoms with Crippen LogP contribution >= 0.6 is 0 Å². The van der Waals surface area contributed by atoms with Crippen LogP contribution in [0, 0.1) is 11.7 Å². The van der Waals surface area contributed by atoms with Crippen LogP contribution in [-0.4, -0.2) is 58.1 Å². The number of urea groups is 1. The number of aromatic nitrogens is 2. The first kappa shape index (κ1) is 21.3. The minimum Gasteiger partial charge on any atom is -0.395 e. The van der Waals surface area contributed by atoms with Crippen LogP contribution in [0.3, 0.4) is 0 Å². The molecule has 158 valence electrons. The van der Waals surface area contributed by atoms with E-state index in [1.165, 1.54) is 12.1 Å². The molecule has 0 spiro atoms. The molecule has 0 bridgehead atoms. The van der Waals surface area contributed by atoms with E-state index in [0.717, 1.165) is 37.2 Å². The zero-order valence-corrected chi connectivity index (χ0v) is 17.1. The number of hydrogen-bond donors (Lipinski definition) is 3. The fraction of sp³-hybridized carbons (Fsp3) is 0.524. The Morgan fingerprint density at radius 3 is 2.69 bits per heavy atom. The first-order valence-corrected chi connectivity index (χ1v) is 10.2. The molecule has 1 aromatic carbocycles. The van der Waals surface area contributed by atoms with E-state index in [0.29, 0.717) is 24.7 Å². The van der Waals surface area contributed by atoms with Crippen molar-refractivity contribution in [2.45, 2.75) is 32.2 Å². The minimum atomic E-state index is -0.273. The number of nitrogens with zero attached hydrogens (tertiary/aromatic N) is 3. The predicted octanol–water partition coefficient (Wildman–Crippen LogP) is 2.17. The van der Waals surface area contributed by atoms with Crippen molar-refractivity contribution in [2.24, 2.45) is 13.0 Å². The Kier molecular flexibility index (Phi) is 7.22. The molecule has 8 heteroatoms. The Morgan fingerprint density at radius 1 is 1.34 bits per heavy atom. The zero-order chi connectivity index (χ0) is 20.8. The van der Waals surface area contributed by atoms with Crippen LogP contribution in [0.25, 0.3) is 0 Å². The summed E-state index contributed by atoms with van der Waals surface area (Å²) < 4.78 is 14.6. The van der Waals surface area contributed by atoms with Gasteiger partial charge in [-0.05, 0) is 42.9 Å². The lowest BCUT2D eigenvalue weighted by molar-refractivity contribution is 0.0210. The van der Waals surface area contributed by atoms with Gasteiger partial charge in [0.25, 0.3) is 0 Å². The van der Waals surface area contributed by atoms with Gasteiger partial charge in [-0.25, -0.2) is 9.18 Å². The molecule has 2 amide bonds. The molecule has 29 heavy (non-hydrogen) atoms. The molecule has 2 heterocycles. The van der Waals surface area contributed by atoms with Crippen molar-refractivity contribution in [2.75, 3.05) is 31.6 Å². The Morgan fingerprint density at radius 2 is 2.07 bits per heavy atom. The number of aliphatic hydroxyl groups is 1. The van der Waals surface area contributed by atoms with E-state index < -0.39 is 0 Å². The SMILES string of the molecule is CCc1cc(NC(=O)NCC[C@@H](CO)N2CC(Cc3ccc(F)cc3)C2)n(C)n1. The maximum atomic E-state index is 13.0. The number of rotatable bonds is 9. The summed E-state index contributed by atoms with van der Waals surface area (Å²) in [6, 6.07) is 8.26. The van der Waals surface area contributed by atoms with Gasteiger partial charge in [-0.3, -0.25) is 14.9 Å². The van der Waals surface area contributed by atoms with Gasteiger partial charge in [0.2, 0.25) is 0 Å². The number of aryl methyl sites for hydroxylation is 2. The Hall–Kier alpha value is -2.45. The van der Waals surface area contributed by atoms with Crippen molar-refractivity contribution in [1.29, 1.82) is 0 Å². The van der Waals surface area contributed by atoms with Gasteiger partial charge in [-0.1, -0.05) is 19.1 Å². The van der Waals surface area contributed by atoms with Gasteiger partial charge >= 0.3 is 6.03 Å². The maximum Gasteiger partial charge on any atom is 0.320 e. The molecule has 2 aromatic rings. The second-order valence-corrected chi connectivity index (χ2v) is 7.65. The minimum absolute atomic E-state index is 0.0307. The van der Waals surface area contributed by atoms with Crippen molar-refractivity contribution in [3.8, 4) is 0 Å². The number of carbonyl (C=O) groups excluding carboxylic acids is 1. The average Bonchev–Trinajstić information content (AvgIpc) is 3.03. The molecule has 1 aromatic heterocycles. The topological polar surface area (TPSA) is 82.4 Å². The third-order valence-electron chi connectivity index (χ3n) is 5.45. The lowest BCUT2D eigenvalue weighted by Crippen LogP contribution is -2.54. The van der Waals surface area contributed by atoms with Gasteiger partial charge < -0.3 is 10.4 Å². The molecule has 3 rings (SSSR count). The molecule has 7 nitrogen and oxygen atoms in total. The number of likely N-dealkylation sites (tertiary alicyclic amines) is 1. The third kappa shape index (κ3) is 5.77. The molecule has 1 saturated heterocycles. The van der Waals surface area contributed by atoms with Crippen molar-refractivity contribution in [3.05, 3.63) is 47.4 Å². The van der Waals surface area contributed by atoms with E-state index in [1.807, 2.05) is 25.1 Å². The Labute approximate surface area is 170 Å². The summed E-state index contributed by atoms with van der Waals surface area (Å²) in [4.78, 5) is 14.3. The zero-order valence-electron chi connectivity index (χ0n) is 17.1. The molecular weight excluding hydrogens is 373 g/mol. The number of amides is 2. The van der Waals surface area contributed by atoms with Gasteiger partial charge in [0.05, 0.1) is 12.3 Å². The number of benzene rings is 1. The van der Waals surface area contributed by atoms with E-state index in [1.54, 1.807) is 11.7 Å². The summed E-state index contributed by atoms with van der Waals surface area (Å²) in [7, 11) is 1.79. The number of anilines is 1. The summed E-state index contributed by atoms with van der Waals surface area (Å²) in [5.74, 6) is 0.961. The van der Waals surface area contributed by atoms with Crippen LogP contribution in [0.2, 0.25) is 0 Å². The van der Waals surface area contributed by atoms with Crippen LogP contribution < -0.4 is 10.6 Å².